The van der Waals surface area contributed by atoms with Crippen LogP contribution in [0.5, 0.6) is 0 Å². The first-order valence-electron chi connectivity index (χ1n) is 33.5. The van der Waals surface area contributed by atoms with Crippen LogP contribution in [-0.4, -0.2) is 36.3 Å². The molecule has 0 aliphatic heterocycles. The monoisotopic (exact) mass is 948 g/mol. The maximum atomic E-state index is 8.93. The van der Waals surface area contributed by atoms with E-state index in [1.807, 2.05) is 0 Å². The molecule has 0 aliphatic carbocycles. The lowest BCUT2D eigenvalue weighted by molar-refractivity contribution is 0.426. The average molecular weight is 950 g/mol. The van der Waals surface area contributed by atoms with E-state index in [2.05, 4.69) is 35.6 Å². The summed E-state index contributed by atoms with van der Waals surface area (Å²) in [5.41, 5.74) is -4.77. The fraction of sp³-hybridized carbons (Fsp3) is 0. The van der Waals surface area contributed by atoms with Crippen LogP contribution < -0.4 is 5.46 Å². The van der Waals surface area contributed by atoms with Crippen LogP contribution in [0.2, 0.25) is 0 Å². The van der Waals surface area contributed by atoms with Crippen molar-refractivity contribution in [1.29, 1.82) is 0 Å². The molecule has 0 atom stereocenters. The van der Waals surface area contributed by atoms with Crippen molar-refractivity contribution >= 4 is 39.9 Å². The average Bonchev–Trinajstić information content (AvgIpc) is 1.10. The molecule has 10 rings (SSSR count). The summed E-state index contributed by atoms with van der Waals surface area (Å²) in [5.74, 6) is -0.237. The molecule has 0 bridgehead atoms. The Hall–Kier alpha value is -8.38. The van der Waals surface area contributed by atoms with Crippen molar-refractivity contribution in [1.82, 2.24) is 19.1 Å². The van der Waals surface area contributed by atoms with Crippen molar-refractivity contribution in [3.05, 3.63) is 258 Å². The Balaban J connectivity index is 0.000000214. The predicted octanol–water partition coefficient (Wildman–Crippen LogP) is 13.3. The van der Waals surface area contributed by atoms with Crippen molar-refractivity contribution in [2.24, 2.45) is 0 Å². The van der Waals surface area contributed by atoms with E-state index in [-0.39, 0.29) is 21.8 Å². The van der Waals surface area contributed by atoms with Crippen molar-refractivity contribution in [3.63, 3.8) is 0 Å². The molecule has 316 valence electrons. The van der Waals surface area contributed by atoms with Gasteiger partial charge in [0.15, 0.2) is 16.1 Å². The summed E-state index contributed by atoms with van der Waals surface area (Å²) < 4.78 is 254. The van der Waals surface area contributed by atoms with Crippen molar-refractivity contribution < 1.29 is 51.2 Å². The first kappa shape index (κ1) is 20.6. The highest BCUT2D eigenvalue weighted by atomic mass is 79.9. The number of aromatic nitrogens is 4. The number of rotatable bonds is 8. The molecular formula is C56H40BBrN6O2. The quantitative estimate of drug-likeness (QED) is 0.117. The molecule has 0 radical (unpaired) electrons. The molecule has 8 nitrogen and oxygen atoms in total. The molecule has 10 heteroatoms. The van der Waals surface area contributed by atoms with Gasteiger partial charge in [-0.2, -0.15) is 0 Å². The summed E-state index contributed by atoms with van der Waals surface area (Å²) in [4.78, 5) is 14.5. The minimum atomic E-state index is -1.49. The fourth-order valence-corrected chi connectivity index (χ4v) is 6.25. The normalized spacial score (nSPS) is 16.7. The third kappa shape index (κ3) is 10.2. The summed E-state index contributed by atoms with van der Waals surface area (Å²) in [6.45, 7) is 14.1. The fourth-order valence-electron chi connectivity index (χ4n) is 5.89. The van der Waals surface area contributed by atoms with Gasteiger partial charge in [0.1, 0.15) is 5.82 Å². The highest BCUT2D eigenvalue weighted by Gasteiger charge is 2.19. The van der Waals surface area contributed by atoms with Gasteiger partial charge in [0.05, 0.1) is 65.6 Å². The van der Waals surface area contributed by atoms with Crippen LogP contribution >= 0.6 is 15.9 Å². The van der Waals surface area contributed by atoms with Gasteiger partial charge in [-0.3, -0.25) is 9.13 Å². The van der Waals surface area contributed by atoms with Gasteiger partial charge in [0.25, 0.3) is 0 Å². The topological polar surface area (TPSA) is 84.8 Å². The first-order chi connectivity index (χ1) is 44.8. The molecule has 0 amide bonds. The second kappa shape index (κ2) is 21.3. The third-order valence-electron chi connectivity index (χ3n) is 8.71. The summed E-state index contributed by atoms with van der Waals surface area (Å²) in [6.07, 6.45) is -2.62. The maximum absolute atomic E-state index is 8.93. The van der Waals surface area contributed by atoms with E-state index in [0.717, 1.165) is 9.13 Å². The smallest absolute Gasteiger partial charge is 0.423 e. The minimum absolute atomic E-state index is 0.130. The predicted molar refractivity (Wildman–Crippen MR) is 271 cm³/mol. The van der Waals surface area contributed by atoms with Gasteiger partial charge >= 0.3 is 7.12 Å². The van der Waals surface area contributed by atoms with E-state index in [9.17, 15) is 0 Å². The molecule has 10 aromatic rings. The van der Waals surface area contributed by atoms with E-state index in [1.54, 1.807) is 18.2 Å². The number of nitrogens with zero attached hydrogens (tertiary/aromatic N) is 6. The lowest BCUT2D eigenvalue weighted by Crippen LogP contribution is -2.29. The van der Waals surface area contributed by atoms with Crippen molar-refractivity contribution in [2.75, 3.05) is 0 Å². The Morgan fingerprint density at radius 3 is 1.32 bits per heavy atom. The standard InChI is InChI=1S/C28H19N3.C21H15BrN2.C7H6BNO2/c1-29-24-15-8-14-23(20-24)28-30-18-19-31(28)27-25(21-10-4-2-5-11-21)16-9-17-26(27)22-12-6-3-7-13-22;22-21-23-14-15-24(21)20-18(16-8-3-1-4-9-16)12-7-13-19(20)17-10-5-2-6-11-17;1-9-7-4-2-3-6(5-7)8(10)11/h2-20H;1-15H;2-5,10-11H/i2D,3D,4D,5D,6D,7D,9D,10D,11D,12D,13D,16D,17D,18D,19D;1D,2D,3D,4D,5D,6D,7D,8D,9D,10D,11D,12D,13D,14D,15D;. The molecule has 0 aliphatic rings. The molecule has 8 aromatic carbocycles. The van der Waals surface area contributed by atoms with Gasteiger partial charge in [-0.15, -0.1) is 0 Å². The van der Waals surface area contributed by atoms with E-state index < -0.39 is 245 Å². The zero-order valence-electron chi connectivity index (χ0n) is 63.2. The Morgan fingerprint density at radius 2 is 0.894 bits per heavy atom. The maximum Gasteiger partial charge on any atom is 0.487 e. The summed E-state index contributed by atoms with van der Waals surface area (Å²) in [6, 6.07) is -8.75. The zero-order valence-corrected chi connectivity index (χ0v) is 34.7. The van der Waals surface area contributed by atoms with Crippen LogP contribution in [0.25, 0.3) is 77.0 Å². The van der Waals surface area contributed by atoms with Crippen LogP contribution in [0.15, 0.2) is 235 Å². The Bertz CT molecular complexity index is 4760. The van der Waals surface area contributed by atoms with E-state index in [0.29, 0.717) is 11.2 Å². The second-order valence-corrected chi connectivity index (χ2v) is 13.3. The summed E-state index contributed by atoms with van der Waals surface area (Å²) >= 11 is 3.09. The number of hydrogen-bond acceptors (Lipinski definition) is 4. The number of benzene rings is 8. The highest BCUT2D eigenvalue weighted by Crippen LogP contribution is 2.39. The first-order valence-corrected chi connectivity index (χ1v) is 19.3. The molecule has 0 unspecified atom stereocenters. The molecule has 2 N–H and O–H groups in total. The molecule has 2 aromatic heterocycles. The SMILES string of the molecule is [2H]c1nc(-c2cccc([N+]#[C-])c2)n(-c2c(-c3c([2H])c([2H])c([2H])c([2H])c3[2H])c([2H])c([2H])c([2H])c2-c2c([2H])c([2H])c([2H])c([2H])c2[2H])c1[2H].[2H]c1nc(Br)n(-c2c(-c3c([2H])c([2H])c([2H])c([2H])c3[2H])c([2H])c([2H])c([2H])c2-c2c([2H])c([2H])c([2H])c([2H])c2[2H])c1[2H].[C-]#[N+]c1cccc(B(O)O)c1. The van der Waals surface area contributed by atoms with Crippen LogP contribution in [0.1, 0.15) is 41.1 Å². The van der Waals surface area contributed by atoms with Crippen LogP contribution in [0.4, 0.5) is 11.4 Å². The molecule has 0 saturated heterocycles. The van der Waals surface area contributed by atoms with Crippen LogP contribution in [0.3, 0.4) is 0 Å². The molecule has 66 heavy (non-hydrogen) atoms. The lowest BCUT2D eigenvalue weighted by atomic mass is 9.80. The van der Waals surface area contributed by atoms with Crippen LogP contribution in [0, 0.1) is 13.1 Å². The van der Waals surface area contributed by atoms with Crippen molar-refractivity contribution in [2.45, 2.75) is 0 Å². The van der Waals surface area contributed by atoms with Gasteiger partial charge in [-0.1, -0.05) is 200 Å². The van der Waals surface area contributed by atoms with E-state index in [4.69, 9.17) is 64.3 Å². The molecule has 0 saturated carbocycles. The summed E-state index contributed by atoms with van der Waals surface area (Å²) in [5, 5.41) is 17.4. The lowest BCUT2D eigenvalue weighted by Gasteiger charge is -2.18. The Morgan fingerprint density at radius 1 is 0.485 bits per heavy atom. The van der Waals surface area contributed by atoms with E-state index in [1.165, 1.54) is 30.3 Å². The number of halogens is 1. The number of para-hydroxylation sites is 2. The van der Waals surface area contributed by atoms with Gasteiger partial charge in [0.2, 0.25) is 0 Å². The minimum Gasteiger partial charge on any atom is -0.423 e. The molecule has 2 heterocycles. The Kier molecular flexibility index (Phi) is 6.67. The molecule has 0 spiro atoms. The number of hydrogen-bond donors (Lipinski definition) is 2. The molecule has 0 fully saturated rings. The highest BCUT2D eigenvalue weighted by molar-refractivity contribution is 9.10. The van der Waals surface area contributed by atoms with Gasteiger partial charge in [-0.05, 0) is 49.7 Å². The number of imidazole rings is 2. The largest absolute Gasteiger partial charge is 0.487 e. The van der Waals surface area contributed by atoms with E-state index >= 15 is 0 Å². The Labute approximate surface area is 435 Å². The van der Waals surface area contributed by atoms with Crippen LogP contribution in [-0.2, 0) is 0 Å². The van der Waals surface area contributed by atoms with Crippen molar-refractivity contribution in [3.8, 4) is 67.3 Å². The zero-order chi connectivity index (χ0) is 71.8. The summed E-state index contributed by atoms with van der Waals surface area (Å²) in [7, 11) is -1.49. The van der Waals surface area contributed by atoms with Gasteiger partial charge in [-0.25, -0.2) is 19.7 Å². The molecular weight excluding hydrogens is 879 g/mol. The second-order valence-electron chi connectivity index (χ2n) is 12.6. The van der Waals surface area contributed by atoms with Gasteiger partial charge < -0.3 is 10.0 Å². The van der Waals surface area contributed by atoms with Gasteiger partial charge in [0, 0.05) is 52.5 Å². The third-order valence-corrected chi connectivity index (χ3v) is 9.24.